The molecule has 0 radical (unpaired) electrons. The second-order valence-electron chi connectivity index (χ2n) is 3.01. The van der Waals surface area contributed by atoms with E-state index in [1.54, 1.807) is 12.1 Å². The van der Waals surface area contributed by atoms with Gasteiger partial charge in [-0.1, -0.05) is 6.07 Å². The lowest BCUT2D eigenvalue weighted by Gasteiger charge is -2.08. The molecule has 0 spiro atoms. The van der Waals surface area contributed by atoms with Crippen molar-refractivity contribution in [3.05, 3.63) is 28.2 Å². The molecule has 0 saturated carbocycles. The zero-order valence-corrected chi connectivity index (χ0v) is 9.60. The number of phenols is 1. The number of nitrogens with one attached hydrogen (secondary N) is 1. The summed E-state index contributed by atoms with van der Waals surface area (Å²) in [6.45, 7) is -1.22. The second kappa shape index (κ2) is 5.51. The SMILES string of the molecule is Oc1ccc(CNOCC(F)(F)F)cc1Br. The molecule has 0 unspecified atom stereocenters. The lowest BCUT2D eigenvalue weighted by Crippen LogP contribution is -2.24. The average Bonchev–Trinajstić information content (AvgIpc) is 2.17. The Morgan fingerprint density at radius 1 is 1.38 bits per heavy atom. The van der Waals surface area contributed by atoms with Gasteiger partial charge in [0.15, 0.2) is 6.61 Å². The van der Waals surface area contributed by atoms with Crippen LogP contribution in [0.25, 0.3) is 0 Å². The van der Waals surface area contributed by atoms with E-state index < -0.39 is 12.8 Å². The fourth-order valence-electron chi connectivity index (χ4n) is 0.928. The summed E-state index contributed by atoms with van der Waals surface area (Å²) in [5.41, 5.74) is 2.87. The third-order valence-electron chi connectivity index (χ3n) is 1.63. The average molecular weight is 300 g/mol. The van der Waals surface area contributed by atoms with Crippen LogP contribution in [0.1, 0.15) is 5.56 Å². The van der Waals surface area contributed by atoms with Crippen LogP contribution >= 0.6 is 15.9 Å². The summed E-state index contributed by atoms with van der Waals surface area (Å²) in [4.78, 5) is 4.22. The highest BCUT2D eigenvalue weighted by Gasteiger charge is 2.27. The molecule has 0 aliphatic heterocycles. The van der Waals surface area contributed by atoms with Crippen LogP contribution in [0.3, 0.4) is 0 Å². The van der Waals surface area contributed by atoms with E-state index in [1.165, 1.54) is 6.07 Å². The number of halogens is 4. The van der Waals surface area contributed by atoms with Gasteiger partial charge in [0.2, 0.25) is 0 Å². The Labute approximate surface area is 98.3 Å². The molecule has 2 N–H and O–H groups in total. The minimum atomic E-state index is -4.34. The van der Waals surface area contributed by atoms with E-state index in [-0.39, 0.29) is 12.3 Å². The van der Waals surface area contributed by atoms with Crippen molar-refractivity contribution >= 4 is 15.9 Å². The fraction of sp³-hybridized carbons (Fsp3) is 0.333. The number of aromatic hydroxyl groups is 1. The van der Waals surface area contributed by atoms with Gasteiger partial charge in [-0.25, -0.2) is 0 Å². The molecular formula is C9H9BrF3NO2. The van der Waals surface area contributed by atoms with Gasteiger partial charge in [-0.15, -0.1) is 0 Å². The van der Waals surface area contributed by atoms with Gasteiger partial charge in [0.05, 0.1) is 4.47 Å². The van der Waals surface area contributed by atoms with Crippen LogP contribution in [0.15, 0.2) is 22.7 Å². The van der Waals surface area contributed by atoms with Crippen molar-refractivity contribution in [1.82, 2.24) is 5.48 Å². The normalized spacial score (nSPS) is 11.8. The summed E-state index contributed by atoms with van der Waals surface area (Å²) in [6.07, 6.45) is -4.34. The molecule has 7 heteroatoms. The van der Waals surface area contributed by atoms with E-state index in [9.17, 15) is 18.3 Å². The quantitative estimate of drug-likeness (QED) is 0.663. The topological polar surface area (TPSA) is 41.5 Å². The minimum absolute atomic E-state index is 0.0694. The fourth-order valence-corrected chi connectivity index (χ4v) is 1.35. The predicted octanol–water partition coefficient (Wildman–Crippen LogP) is 2.74. The van der Waals surface area contributed by atoms with E-state index in [2.05, 4.69) is 26.2 Å². The first-order valence-corrected chi connectivity index (χ1v) is 5.06. The highest BCUT2D eigenvalue weighted by Crippen LogP contribution is 2.24. The lowest BCUT2D eigenvalue weighted by atomic mass is 10.2. The van der Waals surface area contributed by atoms with Crippen molar-refractivity contribution in [3.63, 3.8) is 0 Å². The Morgan fingerprint density at radius 3 is 2.62 bits per heavy atom. The van der Waals surface area contributed by atoms with Crippen molar-refractivity contribution < 1.29 is 23.1 Å². The third kappa shape index (κ3) is 4.82. The molecule has 0 aromatic heterocycles. The van der Waals surface area contributed by atoms with Crippen molar-refractivity contribution in [3.8, 4) is 5.75 Å². The van der Waals surface area contributed by atoms with Crippen LogP contribution in [-0.2, 0) is 11.4 Å². The first-order valence-electron chi connectivity index (χ1n) is 4.27. The zero-order chi connectivity index (χ0) is 12.2. The molecule has 1 rings (SSSR count). The second-order valence-corrected chi connectivity index (χ2v) is 3.87. The summed E-state index contributed by atoms with van der Waals surface area (Å²) in [7, 11) is 0. The summed E-state index contributed by atoms with van der Waals surface area (Å²) >= 11 is 3.09. The van der Waals surface area contributed by atoms with Crippen LogP contribution in [0.5, 0.6) is 5.75 Å². The van der Waals surface area contributed by atoms with Crippen molar-refractivity contribution in [2.75, 3.05) is 6.61 Å². The van der Waals surface area contributed by atoms with Crippen molar-refractivity contribution in [2.45, 2.75) is 12.7 Å². The minimum Gasteiger partial charge on any atom is -0.507 e. The number of alkyl halides is 3. The lowest BCUT2D eigenvalue weighted by molar-refractivity contribution is -0.190. The molecule has 1 aromatic rings. The van der Waals surface area contributed by atoms with Gasteiger partial charge in [0.1, 0.15) is 5.75 Å². The Kier molecular flexibility index (Phi) is 4.57. The summed E-state index contributed by atoms with van der Waals surface area (Å²) in [5, 5.41) is 9.17. The first-order chi connectivity index (χ1) is 7.38. The molecule has 0 aliphatic carbocycles. The van der Waals surface area contributed by atoms with Gasteiger partial charge < -0.3 is 5.11 Å². The first kappa shape index (κ1) is 13.3. The summed E-state index contributed by atoms with van der Waals surface area (Å²) in [5.74, 6) is 0.0694. The Balaban J connectivity index is 2.35. The monoisotopic (exact) mass is 299 g/mol. The third-order valence-corrected chi connectivity index (χ3v) is 2.26. The molecule has 0 atom stereocenters. The number of hydroxylamine groups is 1. The molecule has 3 nitrogen and oxygen atoms in total. The predicted molar refractivity (Wildman–Crippen MR) is 54.7 cm³/mol. The van der Waals surface area contributed by atoms with Crippen LogP contribution in [0.4, 0.5) is 13.2 Å². The molecule has 0 fully saturated rings. The van der Waals surface area contributed by atoms with E-state index in [0.29, 0.717) is 10.0 Å². The molecular weight excluding hydrogens is 291 g/mol. The highest BCUT2D eigenvalue weighted by molar-refractivity contribution is 9.10. The number of benzene rings is 1. The Bertz CT molecular complexity index is 357. The highest BCUT2D eigenvalue weighted by atomic mass is 79.9. The molecule has 0 amide bonds. The number of phenolic OH excluding ortho intramolecular Hbond substituents is 1. The molecule has 0 saturated heterocycles. The number of hydrogen-bond donors (Lipinski definition) is 2. The molecule has 1 aromatic carbocycles. The Morgan fingerprint density at radius 2 is 2.06 bits per heavy atom. The van der Waals surface area contributed by atoms with Crippen molar-refractivity contribution in [2.24, 2.45) is 0 Å². The van der Waals surface area contributed by atoms with Crippen LogP contribution in [-0.4, -0.2) is 17.9 Å². The van der Waals surface area contributed by atoms with Gasteiger partial charge in [-0.05, 0) is 33.6 Å². The number of hydrogen-bond acceptors (Lipinski definition) is 3. The van der Waals surface area contributed by atoms with E-state index >= 15 is 0 Å². The smallest absolute Gasteiger partial charge is 0.413 e. The molecule has 16 heavy (non-hydrogen) atoms. The largest absolute Gasteiger partial charge is 0.507 e. The molecule has 0 bridgehead atoms. The summed E-state index contributed by atoms with van der Waals surface area (Å²) < 4.78 is 35.6. The zero-order valence-electron chi connectivity index (χ0n) is 8.01. The maximum atomic E-state index is 11.7. The van der Waals surface area contributed by atoms with Crippen LogP contribution in [0, 0.1) is 0 Å². The van der Waals surface area contributed by atoms with E-state index in [0.717, 1.165) is 0 Å². The van der Waals surface area contributed by atoms with Gasteiger partial charge in [-0.3, -0.25) is 4.84 Å². The van der Waals surface area contributed by atoms with Crippen molar-refractivity contribution in [1.29, 1.82) is 0 Å². The van der Waals surface area contributed by atoms with Crippen LogP contribution < -0.4 is 5.48 Å². The van der Waals surface area contributed by atoms with Crippen LogP contribution in [0.2, 0.25) is 0 Å². The standard InChI is InChI=1S/C9H9BrF3NO2/c10-7-3-6(1-2-8(7)15)4-14-16-5-9(11,12)13/h1-3,14-15H,4-5H2. The Hall–Kier alpha value is -0.790. The van der Waals surface area contributed by atoms with Gasteiger partial charge in [0.25, 0.3) is 0 Å². The molecule has 90 valence electrons. The van der Waals surface area contributed by atoms with E-state index in [1.807, 2.05) is 0 Å². The summed E-state index contributed by atoms with van der Waals surface area (Å²) in [6, 6.07) is 4.59. The van der Waals surface area contributed by atoms with Gasteiger partial charge >= 0.3 is 6.18 Å². The molecule has 0 heterocycles. The van der Waals surface area contributed by atoms with Gasteiger partial charge in [0, 0.05) is 6.54 Å². The maximum Gasteiger partial charge on any atom is 0.413 e. The molecule has 0 aliphatic rings. The van der Waals surface area contributed by atoms with E-state index in [4.69, 9.17) is 0 Å². The van der Waals surface area contributed by atoms with Gasteiger partial charge in [-0.2, -0.15) is 18.7 Å². The number of rotatable bonds is 4. The maximum absolute atomic E-state index is 11.7.